The number of nitrogens with one attached hydrogen (secondary N) is 1. The molecule has 4 rings (SSSR count). The number of halogens is 3. The molecule has 0 saturated carbocycles. The van der Waals surface area contributed by atoms with Crippen molar-refractivity contribution in [2.45, 2.75) is 13.3 Å². The predicted molar refractivity (Wildman–Crippen MR) is 130 cm³/mol. The summed E-state index contributed by atoms with van der Waals surface area (Å²) in [6.45, 7) is 1.42. The molecule has 0 atom stereocenters. The van der Waals surface area contributed by atoms with Crippen LogP contribution in [0.15, 0.2) is 60.7 Å². The van der Waals surface area contributed by atoms with Crippen LogP contribution in [0.25, 0.3) is 21.2 Å². The fraction of sp³-hybridized carbons (Fsp3) is 0.120. The number of thiophene rings is 1. The average Bonchev–Trinajstić information content (AvgIpc) is 3.16. The Labute approximate surface area is 198 Å². The van der Waals surface area contributed by atoms with E-state index in [1.807, 2.05) is 30.3 Å². The normalized spacial score (nSPS) is 11.0. The summed E-state index contributed by atoms with van der Waals surface area (Å²) in [6.07, 6.45) is 0.528. The standard InChI is InChI=1S/C25H18Cl2FNO2S/c1-14(30)13-29-25(31)17-4-2-3-16(10-17)21-5-6-23(27)22-12-20(32-24(21)22)9-15-7-18(26)11-19(28)8-15/h2-8,10-12H,9,13H2,1H3,(H,29,31). The van der Waals surface area contributed by atoms with E-state index in [-0.39, 0.29) is 24.1 Å². The Morgan fingerprint density at radius 2 is 1.84 bits per heavy atom. The van der Waals surface area contributed by atoms with Crippen molar-refractivity contribution in [1.82, 2.24) is 5.32 Å². The highest BCUT2D eigenvalue weighted by Crippen LogP contribution is 2.39. The van der Waals surface area contributed by atoms with E-state index in [9.17, 15) is 14.0 Å². The molecule has 3 nitrogen and oxygen atoms in total. The summed E-state index contributed by atoms with van der Waals surface area (Å²) >= 11 is 14.0. The van der Waals surface area contributed by atoms with Gasteiger partial charge in [-0.05, 0) is 66.1 Å². The number of amides is 1. The Morgan fingerprint density at radius 1 is 1.03 bits per heavy atom. The lowest BCUT2D eigenvalue weighted by Crippen LogP contribution is -2.28. The fourth-order valence-electron chi connectivity index (χ4n) is 3.50. The summed E-state index contributed by atoms with van der Waals surface area (Å²) in [5.74, 6) is -0.783. The van der Waals surface area contributed by atoms with E-state index in [0.29, 0.717) is 22.0 Å². The minimum atomic E-state index is -0.368. The molecule has 1 N–H and O–H groups in total. The lowest BCUT2D eigenvalue weighted by molar-refractivity contribution is -0.116. The number of hydrogen-bond acceptors (Lipinski definition) is 3. The van der Waals surface area contributed by atoms with E-state index in [4.69, 9.17) is 23.2 Å². The van der Waals surface area contributed by atoms with Crippen LogP contribution in [0.4, 0.5) is 4.39 Å². The van der Waals surface area contributed by atoms with Crippen molar-refractivity contribution in [3.63, 3.8) is 0 Å². The molecule has 0 aliphatic heterocycles. The number of benzene rings is 3. The van der Waals surface area contributed by atoms with E-state index in [1.165, 1.54) is 19.1 Å². The van der Waals surface area contributed by atoms with Gasteiger partial charge in [0.1, 0.15) is 11.6 Å². The molecule has 0 saturated heterocycles. The average molecular weight is 486 g/mol. The number of carbonyl (C=O) groups excluding carboxylic acids is 2. The molecule has 1 amide bonds. The molecule has 1 heterocycles. The van der Waals surface area contributed by atoms with Gasteiger partial charge in [0.25, 0.3) is 5.91 Å². The summed E-state index contributed by atoms with van der Waals surface area (Å²) in [7, 11) is 0. The van der Waals surface area contributed by atoms with Gasteiger partial charge in [0.05, 0.1) is 6.54 Å². The lowest BCUT2D eigenvalue weighted by Gasteiger charge is -2.08. The quantitative estimate of drug-likeness (QED) is 0.322. The highest BCUT2D eigenvalue weighted by Gasteiger charge is 2.14. The molecule has 162 valence electrons. The molecule has 4 aromatic rings. The van der Waals surface area contributed by atoms with E-state index in [1.54, 1.807) is 29.5 Å². The highest BCUT2D eigenvalue weighted by molar-refractivity contribution is 7.19. The Morgan fingerprint density at radius 3 is 2.59 bits per heavy atom. The molecular weight excluding hydrogens is 468 g/mol. The van der Waals surface area contributed by atoms with Crippen LogP contribution in [0.5, 0.6) is 0 Å². The summed E-state index contributed by atoms with van der Waals surface area (Å²) in [4.78, 5) is 24.6. The highest BCUT2D eigenvalue weighted by atomic mass is 35.5. The predicted octanol–water partition coefficient (Wildman–Crippen LogP) is 6.92. The van der Waals surface area contributed by atoms with E-state index in [2.05, 4.69) is 5.32 Å². The van der Waals surface area contributed by atoms with Crippen LogP contribution in [0.1, 0.15) is 27.7 Å². The molecule has 0 bridgehead atoms. The van der Waals surface area contributed by atoms with Gasteiger partial charge < -0.3 is 5.32 Å². The first-order valence-corrected chi connectivity index (χ1v) is 11.4. The van der Waals surface area contributed by atoms with Crippen LogP contribution in [0.3, 0.4) is 0 Å². The third-order valence-electron chi connectivity index (χ3n) is 4.92. The number of hydrogen-bond donors (Lipinski definition) is 1. The summed E-state index contributed by atoms with van der Waals surface area (Å²) < 4.78 is 14.7. The number of fused-ring (bicyclic) bond motifs is 1. The molecular formula is C25H18Cl2FNO2S. The van der Waals surface area contributed by atoms with Gasteiger partial charge in [0.2, 0.25) is 0 Å². The van der Waals surface area contributed by atoms with Crippen molar-refractivity contribution in [3.05, 3.63) is 92.5 Å². The van der Waals surface area contributed by atoms with Crippen molar-refractivity contribution in [1.29, 1.82) is 0 Å². The van der Waals surface area contributed by atoms with Crippen LogP contribution in [0.2, 0.25) is 10.0 Å². The molecule has 0 aliphatic carbocycles. The maximum absolute atomic E-state index is 13.7. The molecule has 3 aromatic carbocycles. The zero-order chi connectivity index (χ0) is 22.8. The van der Waals surface area contributed by atoms with Crippen LogP contribution in [-0.4, -0.2) is 18.2 Å². The molecule has 0 aliphatic rings. The van der Waals surface area contributed by atoms with Gasteiger partial charge in [-0.25, -0.2) is 4.39 Å². The molecule has 32 heavy (non-hydrogen) atoms. The van der Waals surface area contributed by atoms with Gasteiger partial charge in [-0.2, -0.15) is 0 Å². The largest absolute Gasteiger partial charge is 0.345 e. The number of Topliss-reactive ketones (excluding diaryl/α,β-unsaturated/α-hetero) is 1. The van der Waals surface area contributed by atoms with Gasteiger partial charge in [-0.15, -0.1) is 11.3 Å². The molecule has 1 aromatic heterocycles. The van der Waals surface area contributed by atoms with Gasteiger partial charge in [-0.3, -0.25) is 9.59 Å². The van der Waals surface area contributed by atoms with Gasteiger partial charge in [0.15, 0.2) is 0 Å². The molecule has 0 spiro atoms. The second-order valence-electron chi connectivity index (χ2n) is 7.47. The minimum absolute atomic E-state index is 0.00731. The Kier molecular flexibility index (Phi) is 6.60. The van der Waals surface area contributed by atoms with E-state index in [0.717, 1.165) is 31.7 Å². The van der Waals surface area contributed by atoms with Gasteiger partial charge in [-0.1, -0.05) is 41.4 Å². The summed E-state index contributed by atoms with van der Waals surface area (Å²) in [5, 5.41) is 4.50. The van der Waals surface area contributed by atoms with Crippen molar-refractivity contribution in [2.24, 2.45) is 0 Å². The topological polar surface area (TPSA) is 46.2 Å². The number of carbonyl (C=O) groups is 2. The zero-order valence-electron chi connectivity index (χ0n) is 17.0. The first-order valence-electron chi connectivity index (χ1n) is 9.84. The molecule has 0 radical (unpaired) electrons. The van der Waals surface area contributed by atoms with Crippen LogP contribution in [-0.2, 0) is 11.2 Å². The van der Waals surface area contributed by atoms with Crippen LogP contribution >= 0.6 is 34.5 Å². The van der Waals surface area contributed by atoms with Crippen LogP contribution in [0, 0.1) is 5.82 Å². The molecule has 7 heteroatoms. The first kappa shape index (κ1) is 22.5. The Hall–Kier alpha value is -2.73. The fourth-order valence-corrected chi connectivity index (χ4v) is 5.27. The number of ketones is 1. The number of rotatable bonds is 6. The van der Waals surface area contributed by atoms with Crippen LogP contribution < -0.4 is 5.32 Å². The summed E-state index contributed by atoms with van der Waals surface area (Å²) in [6, 6.07) is 17.5. The molecule has 0 unspecified atom stereocenters. The Balaban J connectivity index is 1.71. The van der Waals surface area contributed by atoms with Crippen molar-refractivity contribution >= 4 is 56.3 Å². The van der Waals surface area contributed by atoms with Crippen molar-refractivity contribution < 1.29 is 14.0 Å². The molecule has 0 fully saturated rings. The third kappa shape index (κ3) is 5.01. The second kappa shape index (κ2) is 9.41. The second-order valence-corrected chi connectivity index (χ2v) is 9.45. The van der Waals surface area contributed by atoms with Crippen molar-refractivity contribution in [3.8, 4) is 11.1 Å². The van der Waals surface area contributed by atoms with E-state index >= 15 is 0 Å². The summed E-state index contributed by atoms with van der Waals surface area (Å²) in [5.41, 5.74) is 3.06. The van der Waals surface area contributed by atoms with Gasteiger partial charge >= 0.3 is 0 Å². The maximum atomic E-state index is 13.7. The monoisotopic (exact) mass is 485 g/mol. The zero-order valence-corrected chi connectivity index (χ0v) is 19.4. The van der Waals surface area contributed by atoms with Gasteiger partial charge in [0, 0.05) is 37.0 Å². The SMILES string of the molecule is CC(=O)CNC(=O)c1cccc(-c2ccc(Cl)c3cc(Cc4cc(F)cc(Cl)c4)sc23)c1. The third-order valence-corrected chi connectivity index (χ3v) is 6.63. The smallest absolute Gasteiger partial charge is 0.251 e. The Bertz CT molecular complexity index is 1330. The van der Waals surface area contributed by atoms with E-state index < -0.39 is 0 Å². The minimum Gasteiger partial charge on any atom is -0.345 e. The lowest BCUT2D eigenvalue weighted by atomic mass is 10.0. The van der Waals surface area contributed by atoms with Crippen molar-refractivity contribution in [2.75, 3.05) is 6.54 Å². The maximum Gasteiger partial charge on any atom is 0.251 e. The first-order chi connectivity index (χ1) is 15.3.